The van der Waals surface area contributed by atoms with Crippen molar-refractivity contribution in [3.8, 4) is 6.07 Å². The maximum absolute atomic E-state index is 12.4. The third kappa shape index (κ3) is 6.34. The molecule has 0 saturated carbocycles. The quantitative estimate of drug-likeness (QED) is 0.363. The number of nitriles is 1. The Kier molecular flexibility index (Phi) is 7.83. The second-order valence-electron chi connectivity index (χ2n) is 6.32. The van der Waals surface area contributed by atoms with E-state index in [0.717, 1.165) is 33.0 Å². The molecular formula is C18H20BrN5OS2. The van der Waals surface area contributed by atoms with Crippen molar-refractivity contribution in [3.05, 3.63) is 33.8 Å². The zero-order valence-electron chi connectivity index (χ0n) is 15.5. The number of hydrogen-bond donors (Lipinski definition) is 1. The van der Waals surface area contributed by atoms with Crippen molar-refractivity contribution in [1.29, 1.82) is 5.26 Å². The molecule has 0 aliphatic carbocycles. The zero-order valence-corrected chi connectivity index (χ0v) is 18.7. The number of benzene rings is 1. The Balaban J connectivity index is 2.11. The van der Waals surface area contributed by atoms with E-state index in [0.29, 0.717) is 16.2 Å². The van der Waals surface area contributed by atoms with Crippen LogP contribution in [0.2, 0.25) is 0 Å². The summed E-state index contributed by atoms with van der Waals surface area (Å²) >= 11 is 6.16. The van der Waals surface area contributed by atoms with Gasteiger partial charge in [-0.1, -0.05) is 31.7 Å². The van der Waals surface area contributed by atoms with Crippen LogP contribution in [-0.2, 0) is 4.79 Å². The molecule has 1 aromatic heterocycles. The average Bonchev–Trinajstić information content (AvgIpc) is 3.04. The third-order valence-corrected chi connectivity index (χ3v) is 5.96. The number of rotatable bonds is 7. The molecule has 142 valence electrons. The minimum Gasteiger partial charge on any atom is -0.377 e. The number of nitrogens with one attached hydrogen (secondary N) is 1. The molecule has 0 fully saturated rings. The number of carbonyl (C=O) groups is 1. The number of thioether (sulfide) groups is 1. The Bertz CT molecular complexity index is 886. The van der Waals surface area contributed by atoms with Crippen molar-refractivity contribution in [3.63, 3.8) is 0 Å². The first-order valence-corrected chi connectivity index (χ1v) is 10.7. The fourth-order valence-electron chi connectivity index (χ4n) is 2.02. The van der Waals surface area contributed by atoms with Gasteiger partial charge in [0.15, 0.2) is 0 Å². The van der Waals surface area contributed by atoms with Gasteiger partial charge in [0, 0.05) is 35.9 Å². The summed E-state index contributed by atoms with van der Waals surface area (Å²) in [6.07, 6.45) is 1.55. The molecule has 0 atom stereocenters. The van der Waals surface area contributed by atoms with Crippen LogP contribution in [-0.4, -0.2) is 35.1 Å². The summed E-state index contributed by atoms with van der Waals surface area (Å²) in [5.74, 6) is 0.940. The number of anilines is 2. The highest BCUT2D eigenvalue weighted by atomic mass is 79.9. The summed E-state index contributed by atoms with van der Waals surface area (Å²) < 4.78 is 5.10. The summed E-state index contributed by atoms with van der Waals surface area (Å²) in [5, 5.41) is 13.0. The van der Waals surface area contributed by atoms with Gasteiger partial charge in [0.1, 0.15) is 11.6 Å². The van der Waals surface area contributed by atoms with Crippen LogP contribution in [0.15, 0.2) is 33.4 Å². The van der Waals surface area contributed by atoms with Crippen molar-refractivity contribution < 1.29 is 4.79 Å². The molecule has 0 bridgehead atoms. The van der Waals surface area contributed by atoms with Gasteiger partial charge in [-0.05, 0) is 45.6 Å². The molecule has 0 saturated heterocycles. The van der Waals surface area contributed by atoms with Crippen LogP contribution in [0.3, 0.4) is 0 Å². The number of hydrogen-bond acceptors (Lipinski definition) is 7. The highest BCUT2D eigenvalue weighted by molar-refractivity contribution is 9.10. The maximum Gasteiger partial charge on any atom is 0.268 e. The summed E-state index contributed by atoms with van der Waals surface area (Å²) in [5.41, 5.74) is 1.77. The van der Waals surface area contributed by atoms with E-state index in [1.54, 1.807) is 17.8 Å². The van der Waals surface area contributed by atoms with Crippen molar-refractivity contribution >= 4 is 62.0 Å². The van der Waals surface area contributed by atoms with Gasteiger partial charge >= 0.3 is 0 Å². The molecule has 0 aliphatic rings. The first kappa shape index (κ1) is 21.4. The van der Waals surface area contributed by atoms with E-state index in [1.165, 1.54) is 0 Å². The van der Waals surface area contributed by atoms with Gasteiger partial charge in [-0.15, -0.1) is 0 Å². The van der Waals surface area contributed by atoms with E-state index in [9.17, 15) is 10.1 Å². The molecule has 2 aromatic rings. The molecule has 1 N–H and O–H groups in total. The minimum atomic E-state index is -0.498. The van der Waals surface area contributed by atoms with E-state index in [1.807, 2.05) is 43.3 Å². The molecule has 0 aliphatic heterocycles. The lowest BCUT2D eigenvalue weighted by atomic mass is 10.1. The summed E-state index contributed by atoms with van der Waals surface area (Å²) in [4.78, 5) is 18.6. The smallest absolute Gasteiger partial charge is 0.268 e. The molecule has 6 nitrogen and oxygen atoms in total. The molecule has 0 spiro atoms. The predicted octanol–water partition coefficient (Wildman–Crippen LogP) is 4.66. The van der Waals surface area contributed by atoms with E-state index in [2.05, 4.69) is 44.5 Å². The number of amides is 1. The Morgan fingerprint density at radius 2 is 2.22 bits per heavy atom. The van der Waals surface area contributed by atoms with Gasteiger partial charge in [0.25, 0.3) is 5.91 Å². The molecule has 0 radical (unpaired) electrons. The molecule has 27 heavy (non-hydrogen) atoms. The normalized spacial score (nSPS) is 11.4. The highest BCUT2D eigenvalue weighted by Gasteiger charge is 2.14. The van der Waals surface area contributed by atoms with E-state index < -0.39 is 5.91 Å². The standard InChI is InChI=1S/C18H20BrN5OS2/c1-11(2)10-26-18-22-17(27-23-18)21-16(25)13(9-20)7-12-5-6-15(24(3)4)14(19)8-12/h5-8,11H,10H2,1-4H3,(H,21,22,23,25)/b13-7-. The lowest BCUT2D eigenvalue weighted by Crippen LogP contribution is -2.13. The Morgan fingerprint density at radius 3 is 2.81 bits per heavy atom. The SMILES string of the molecule is CC(C)CSc1nsc(NC(=O)/C(C#N)=C\c2ccc(N(C)C)c(Br)c2)n1. The van der Waals surface area contributed by atoms with Crippen molar-refractivity contribution in [2.45, 2.75) is 19.0 Å². The van der Waals surface area contributed by atoms with Gasteiger partial charge in [0.2, 0.25) is 10.3 Å². The van der Waals surface area contributed by atoms with Crippen LogP contribution in [0.4, 0.5) is 10.8 Å². The van der Waals surface area contributed by atoms with Crippen LogP contribution >= 0.6 is 39.2 Å². The van der Waals surface area contributed by atoms with Crippen LogP contribution in [0.1, 0.15) is 19.4 Å². The van der Waals surface area contributed by atoms with Gasteiger partial charge in [-0.3, -0.25) is 10.1 Å². The molecule has 2 rings (SSSR count). The number of carbonyl (C=O) groups excluding carboxylic acids is 1. The molecule has 0 unspecified atom stereocenters. The lowest BCUT2D eigenvalue weighted by molar-refractivity contribution is -0.112. The van der Waals surface area contributed by atoms with Gasteiger partial charge < -0.3 is 4.90 Å². The largest absolute Gasteiger partial charge is 0.377 e. The lowest BCUT2D eigenvalue weighted by Gasteiger charge is -2.14. The maximum atomic E-state index is 12.4. The monoisotopic (exact) mass is 465 g/mol. The van der Waals surface area contributed by atoms with Gasteiger partial charge in [-0.2, -0.15) is 14.6 Å². The molecule has 1 aromatic carbocycles. The summed E-state index contributed by atoms with van der Waals surface area (Å²) in [6.45, 7) is 4.24. The van der Waals surface area contributed by atoms with E-state index >= 15 is 0 Å². The fraction of sp³-hybridized carbons (Fsp3) is 0.333. The number of nitrogens with zero attached hydrogens (tertiary/aromatic N) is 4. The highest BCUT2D eigenvalue weighted by Crippen LogP contribution is 2.27. The Labute approximate surface area is 176 Å². The van der Waals surface area contributed by atoms with Crippen LogP contribution in [0.25, 0.3) is 6.08 Å². The van der Waals surface area contributed by atoms with Crippen molar-refractivity contribution in [2.24, 2.45) is 5.92 Å². The molecule has 9 heteroatoms. The first-order valence-electron chi connectivity index (χ1n) is 8.16. The van der Waals surface area contributed by atoms with Crippen LogP contribution in [0, 0.1) is 17.2 Å². The van der Waals surface area contributed by atoms with E-state index in [-0.39, 0.29) is 5.57 Å². The topological polar surface area (TPSA) is 81.9 Å². The van der Waals surface area contributed by atoms with Gasteiger partial charge in [-0.25, -0.2) is 0 Å². The van der Waals surface area contributed by atoms with Gasteiger partial charge in [0.05, 0.1) is 5.69 Å². The molecular weight excluding hydrogens is 446 g/mol. The second kappa shape index (κ2) is 9.88. The molecule has 1 heterocycles. The average molecular weight is 466 g/mol. The minimum absolute atomic E-state index is 0.00564. The first-order chi connectivity index (χ1) is 12.8. The second-order valence-corrected chi connectivity index (χ2v) is 8.91. The number of halogens is 1. The molecule has 1 amide bonds. The number of aromatic nitrogens is 2. The third-order valence-electron chi connectivity index (χ3n) is 3.30. The Morgan fingerprint density at radius 1 is 1.48 bits per heavy atom. The summed E-state index contributed by atoms with van der Waals surface area (Å²) in [7, 11) is 3.89. The van der Waals surface area contributed by atoms with Crippen molar-refractivity contribution in [1.82, 2.24) is 9.36 Å². The van der Waals surface area contributed by atoms with Crippen LogP contribution in [0.5, 0.6) is 0 Å². The fourth-order valence-corrected chi connectivity index (χ4v) is 4.26. The Hall–Kier alpha value is -1.89. The summed E-state index contributed by atoms with van der Waals surface area (Å²) in [6, 6.07) is 7.60. The van der Waals surface area contributed by atoms with Crippen molar-refractivity contribution in [2.75, 3.05) is 30.1 Å². The zero-order chi connectivity index (χ0) is 20.0. The predicted molar refractivity (Wildman–Crippen MR) is 116 cm³/mol. The van der Waals surface area contributed by atoms with E-state index in [4.69, 9.17) is 0 Å². The van der Waals surface area contributed by atoms with Crippen LogP contribution < -0.4 is 10.2 Å².